The van der Waals surface area contributed by atoms with Crippen LogP contribution in [0.1, 0.15) is 25.1 Å². The Morgan fingerprint density at radius 1 is 1.21 bits per heavy atom. The normalized spacial score (nSPS) is 11.6. The molecule has 0 radical (unpaired) electrons. The molecule has 0 unspecified atom stereocenters. The Labute approximate surface area is 140 Å². The molecule has 4 nitrogen and oxygen atoms in total. The van der Waals surface area contributed by atoms with Crippen LogP contribution in [0.25, 0.3) is 5.65 Å². The van der Waals surface area contributed by atoms with Gasteiger partial charge < -0.3 is 9.72 Å². The first kappa shape index (κ1) is 16.2. The smallest absolute Gasteiger partial charge is 0.230 e. The van der Waals surface area contributed by atoms with Crippen molar-refractivity contribution in [1.29, 1.82) is 0 Å². The molecular formula is C19H20FN3O. The Hall–Kier alpha value is -2.69. The Morgan fingerprint density at radius 2 is 1.96 bits per heavy atom. The minimum absolute atomic E-state index is 0.198. The number of halogens is 1. The largest absolute Gasteiger partial charge is 0.355 e. The zero-order valence-electron chi connectivity index (χ0n) is 13.8. The van der Waals surface area contributed by atoms with Gasteiger partial charge in [-0.2, -0.15) is 0 Å². The van der Waals surface area contributed by atoms with E-state index in [2.05, 4.69) is 10.3 Å². The van der Waals surface area contributed by atoms with Crippen molar-refractivity contribution in [3.05, 3.63) is 71.9 Å². The molecule has 0 aliphatic rings. The molecule has 0 bridgehead atoms. The Morgan fingerprint density at radius 3 is 2.71 bits per heavy atom. The van der Waals surface area contributed by atoms with Crippen LogP contribution < -0.4 is 5.32 Å². The number of hydrogen-bond acceptors (Lipinski definition) is 2. The van der Waals surface area contributed by atoms with E-state index in [-0.39, 0.29) is 11.7 Å². The van der Waals surface area contributed by atoms with E-state index >= 15 is 0 Å². The lowest BCUT2D eigenvalue weighted by molar-refractivity contribution is -0.125. The van der Waals surface area contributed by atoms with E-state index in [1.165, 1.54) is 6.07 Å². The Kier molecular flexibility index (Phi) is 4.34. The van der Waals surface area contributed by atoms with E-state index in [4.69, 9.17) is 0 Å². The highest BCUT2D eigenvalue weighted by atomic mass is 19.1. The summed E-state index contributed by atoms with van der Waals surface area (Å²) in [5.41, 5.74) is 1.26. The molecule has 0 fully saturated rings. The highest BCUT2D eigenvalue weighted by molar-refractivity contribution is 5.87. The van der Waals surface area contributed by atoms with Gasteiger partial charge in [-0.25, -0.2) is 9.37 Å². The van der Waals surface area contributed by atoms with Crippen LogP contribution in [0.3, 0.4) is 0 Å². The second kappa shape index (κ2) is 6.43. The summed E-state index contributed by atoms with van der Waals surface area (Å²) >= 11 is 0. The summed E-state index contributed by atoms with van der Waals surface area (Å²) < 4.78 is 15.9. The van der Waals surface area contributed by atoms with Crippen molar-refractivity contribution in [2.75, 3.05) is 6.54 Å². The number of rotatable bonds is 5. The molecule has 0 aliphatic heterocycles. The molecule has 2 heterocycles. The first-order chi connectivity index (χ1) is 11.5. The highest BCUT2D eigenvalue weighted by Crippen LogP contribution is 2.25. The lowest BCUT2D eigenvalue weighted by Gasteiger charge is -2.24. The van der Waals surface area contributed by atoms with Gasteiger partial charge in [-0.3, -0.25) is 4.79 Å². The quantitative estimate of drug-likeness (QED) is 0.783. The third-order valence-corrected chi connectivity index (χ3v) is 4.20. The molecule has 0 atom stereocenters. The fourth-order valence-corrected chi connectivity index (χ4v) is 2.72. The average Bonchev–Trinajstić information content (AvgIpc) is 2.97. The number of amides is 1. The molecule has 3 rings (SSSR count). The number of pyridine rings is 1. The molecule has 1 N–H and O–H groups in total. The van der Waals surface area contributed by atoms with E-state index in [1.807, 2.05) is 35.0 Å². The van der Waals surface area contributed by atoms with E-state index < -0.39 is 5.41 Å². The summed E-state index contributed by atoms with van der Waals surface area (Å²) in [6, 6.07) is 12.2. The first-order valence-corrected chi connectivity index (χ1v) is 7.94. The number of nitrogens with one attached hydrogen (secondary N) is 1. The van der Waals surface area contributed by atoms with Gasteiger partial charge in [0.15, 0.2) is 0 Å². The van der Waals surface area contributed by atoms with Crippen LogP contribution in [-0.2, 0) is 16.6 Å². The van der Waals surface area contributed by atoms with Gasteiger partial charge in [-0.1, -0.05) is 24.3 Å². The Bertz CT molecular complexity index is 837. The second-order valence-corrected chi connectivity index (χ2v) is 6.31. The maximum Gasteiger partial charge on any atom is 0.230 e. The fourth-order valence-electron chi connectivity index (χ4n) is 2.72. The molecule has 24 heavy (non-hydrogen) atoms. The highest BCUT2D eigenvalue weighted by Gasteiger charge is 2.31. The molecule has 3 aromatic rings. The summed E-state index contributed by atoms with van der Waals surface area (Å²) in [5.74, 6) is -0.561. The molecule has 1 amide bonds. The van der Waals surface area contributed by atoms with Crippen molar-refractivity contribution in [2.45, 2.75) is 25.7 Å². The molecule has 2 aromatic heterocycles. The lowest BCUT2D eigenvalue weighted by atomic mass is 9.83. The monoisotopic (exact) mass is 325 g/mol. The number of carbonyl (C=O) groups is 1. The maximum absolute atomic E-state index is 14.0. The summed E-state index contributed by atoms with van der Waals surface area (Å²) in [6.07, 6.45) is 4.51. The van der Waals surface area contributed by atoms with Crippen molar-refractivity contribution < 1.29 is 9.18 Å². The van der Waals surface area contributed by atoms with Crippen LogP contribution in [0.5, 0.6) is 0 Å². The minimum Gasteiger partial charge on any atom is -0.355 e. The zero-order valence-corrected chi connectivity index (χ0v) is 13.8. The van der Waals surface area contributed by atoms with Gasteiger partial charge in [-0.05, 0) is 32.0 Å². The van der Waals surface area contributed by atoms with E-state index in [0.29, 0.717) is 18.5 Å². The predicted octanol–water partition coefficient (Wildman–Crippen LogP) is 3.11. The maximum atomic E-state index is 14.0. The van der Waals surface area contributed by atoms with Gasteiger partial charge in [0.1, 0.15) is 11.5 Å². The van der Waals surface area contributed by atoms with E-state index in [1.54, 1.807) is 32.0 Å². The number of hydrogen-bond donors (Lipinski definition) is 1. The molecule has 0 saturated carbocycles. The SMILES string of the molecule is CC(C)(C(=O)NCCc1cn2ccccc2n1)c1ccccc1F. The molecule has 0 spiro atoms. The van der Waals surface area contributed by atoms with Crippen molar-refractivity contribution in [3.8, 4) is 0 Å². The van der Waals surface area contributed by atoms with Gasteiger partial charge >= 0.3 is 0 Å². The summed E-state index contributed by atoms with van der Waals surface area (Å²) in [6.45, 7) is 3.91. The van der Waals surface area contributed by atoms with Crippen molar-refractivity contribution in [3.63, 3.8) is 0 Å². The van der Waals surface area contributed by atoms with Gasteiger partial charge in [-0.15, -0.1) is 0 Å². The number of benzene rings is 1. The first-order valence-electron chi connectivity index (χ1n) is 7.94. The predicted molar refractivity (Wildman–Crippen MR) is 91.3 cm³/mol. The lowest BCUT2D eigenvalue weighted by Crippen LogP contribution is -2.41. The number of aromatic nitrogens is 2. The Balaban J connectivity index is 1.63. The molecular weight excluding hydrogens is 305 g/mol. The van der Waals surface area contributed by atoms with Crippen molar-refractivity contribution in [1.82, 2.24) is 14.7 Å². The average molecular weight is 325 g/mol. The third-order valence-electron chi connectivity index (χ3n) is 4.20. The van der Waals surface area contributed by atoms with Gasteiger partial charge in [0, 0.05) is 30.9 Å². The van der Waals surface area contributed by atoms with Crippen LogP contribution in [0.2, 0.25) is 0 Å². The molecule has 5 heteroatoms. The third kappa shape index (κ3) is 3.15. The fraction of sp³-hybridized carbons (Fsp3) is 0.263. The number of imidazole rings is 1. The van der Waals surface area contributed by atoms with Crippen LogP contribution in [-0.4, -0.2) is 21.8 Å². The van der Waals surface area contributed by atoms with E-state index in [9.17, 15) is 9.18 Å². The number of fused-ring (bicyclic) bond motifs is 1. The van der Waals surface area contributed by atoms with Gasteiger partial charge in [0.05, 0.1) is 11.1 Å². The zero-order chi connectivity index (χ0) is 17.2. The molecule has 0 saturated heterocycles. The summed E-state index contributed by atoms with van der Waals surface area (Å²) in [5, 5.41) is 2.89. The minimum atomic E-state index is -0.926. The molecule has 1 aromatic carbocycles. The molecule has 124 valence electrons. The van der Waals surface area contributed by atoms with Crippen LogP contribution in [0.15, 0.2) is 54.9 Å². The van der Waals surface area contributed by atoms with Crippen LogP contribution in [0, 0.1) is 5.82 Å². The number of nitrogens with zero attached hydrogens (tertiary/aromatic N) is 2. The van der Waals surface area contributed by atoms with Crippen LogP contribution in [0.4, 0.5) is 4.39 Å². The second-order valence-electron chi connectivity index (χ2n) is 6.31. The van der Waals surface area contributed by atoms with Gasteiger partial charge in [0.25, 0.3) is 0 Å². The standard InChI is InChI=1S/C19H20FN3O/c1-19(2,15-7-3-4-8-16(15)20)18(24)21-11-10-14-13-23-12-6-5-9-17(23)22-14/h3-9,12-13H,10-11H2,1-2H3,(H,21,24). The van der Waals surface area contributed by atoms with E-state index in [0.717, 1.165) is 11.3 Å². The van der Waals surface area contributed by atoms with Crippen molar-refractivity contribution in [2.24, 2.45) is 0 Å². The summed E-state index contributed by atoms with van der Waals surface area (Å²) in [4.78, 5) is 17.0. The topological polar surface area (TPSA) is 46.4 Å². The molecule has 0 aliphatic carbocycles. The van der Waals surface area contributed by atoms with Gasteiger partial charge in [0.2, 0.25) is 5.91 Å². The number of carbonyl (C=O) groups excluding carboxylic acids is 1. The summed E-state index contributed by atoms with van der Waals surface area (Å²) in [7, 11) is 0. The van der Waals surface area contributed by atoms with Crippen LogP contribution >= 0.6 is 0 Å². The van der Waals surface area contributed by atoms with Crippen molar-refractivity contribution >= 4 is 11.6 Å².